The van der Waals surface area contributed by atoms with E-state index >= 15 is 0 Å². The van der Waals surface area contributed by atoms with E-state index in [0.717, 1.165) is 44.6 Å². The fourth-order valence-electron chi connectivity index (χ4n) is 2.05. The number of hydrogen-bond donors (Lipinski definition) is 2. The lowest BCUT2D eigenvalue weighted by Gasteiger charge is -2.13. The molecule has 0 aliphatic carbocycles. The molecule has 0 heterocycles. The highest BCUT2D eigenvalue weighted by Crippen LogP contribution is 2.13. The summed E-state index contributed by atoms with van der Waals surface area (Å²) in [5, 5.41) is 13.1. The molecule has 120 valence electrons. The maximum Gasteiger partial charge on any atom is 0.119 e. The van der Waals surface area contributed by atoms with Gasteiger partial charge in [0.25, 0.3) is 0 Å². The molecule has 0 aliphatic rings. The number of aryl methyl sites for hydroxylation is 1. The van der Waals surface area contributed by atoms with Crippen molar-refractivity contribution >= 4 is 0 Å². The highest BCUT2D eigenvalue weighted by molar-refractivity contribution is 5.28. The van der Waals surface area contributed by atoms with Gasteiger partial charge in [-0.25, -0.2) is 0 Å². The lowest BCUT2D eigenvalue weighted by molar-refractivity contribution is 0.106. The summed E-state index contributed by atoms with van der Waals surface area (Å²) in [4.78, 5) is 0. The average Bonchev–Trinajstić information content (AvgIpc) is 2.52. The first-order valence-electron chi connectivity index (χ1n) is 7.85. The quantitative estimate of drug-likeness (QED) is 0.581. The van der Waals surface area contributed by atoms with Gasteiger partial charge in [0.1, 0.15) is 18.5 Å². The molecule has 1 unspecified atom stereocenters. The van der Waals surface area contributed by atoms with Gasteiger partial charge in [0.15, 0.2) is 0 Å². The molecule has 1 aromatic carbocycles. The first-order chi connectivity index (χ1) is 10.3. The molecule has 0 saturated heterocycles. The molecule has 4 nitrogen and oxygen atoms in total. The van der Waals surface area contributed by atoms with Gasteiger partial charge >= 0.3 is 0 Å². The SMILES string of the molecule is CCc1cccc(OCC(O)CNCCCCCOC)c1. The van der Waals surface area contributed by atoms with Crippen molar-refractivity contribution in [1.82, 2.24) is 5.32 Å². The Labute approximate surface area is 128 Å². The number of unbranched alkanes of at least 4 members (excludes halogenated alkanes) is 2. The van der Waals surface area contributed by atoms with Gasteiger partial charge < -0.3 is 19.9 Å². The standard InChI is InChI=1S/C17H29NO3/c1-3-15-8-7-9-17(12-15)21-14-16(19)13-18-10-5-4-6-11-20-2/h7-9,12,16,18-19H,3-6,10-11,13-14H2,1-2H3. The number of hydrogen-bond acceptors (Lipinski definition) is 4. The number of methoxy groups -OCH3 is 1. The number of nitrogens with one attached hydrogen (secondary N) is 1. The third-order valence-electron chi connectivity index (χ3n) is 3.33. The van der Waals surface area contributed by atoms with Gasteiger partial charge in [-0.3, -0.25) is 0 Å². The van der Waals surface area contributed by atoms with Crippen LogP contribution < -0.4 is 10.1 Å². The van der Waals surface area contributed by atoms with Crippen molar-refractivity contribution in [3.05, 3.63) is 29.8 Å². The Morgan fingerprint density at radius 2 is 2.10 bits per heavy atom. The van der Waals surface area contributed by atoms with Crippen molar-refractivity contribution in [3.8, 4) is 5.75 Å². The second-order valence-electron chi connectivity index (χ2n) is 5.22. The van der Waals surface area contributed by atoms with Crippen LogP contribution in [-0.4, -0.2) is 44.6 Å². The van der Waals surface area contributed by atoms with Crippen LogP contribution in [0.1, 0.15) is 31.7 Å². The van der Waals surface area contributed by atoms with Gasteiger partial charge in [0, 0.05) is 20.3 Å². The van der Waals surface area contributed by atoms with Gasteiger partial charge in [0.05, 0.1) is 0 Å². The van der Waals surface area contributed by atoms with Crippen LogP contribution in [0.15, 0.2) is 24.3 Å². The number of aliphatic hydroxyl groups excluding tert-OH is 1. The Balaban J connectivity index is 2.06. The molecule has 0 bridgehead atoms. The normalized spacial score (nSPS) is 12.3. The fourth-order valence-corrected chi connectivity index (χ4v) is 2.05. The fraction of sp³-hybridized carbons (Fsp3) is 0.647. The van der Waals surface area contributed by atoms with Crippen LogP contribution in [0.4, 0.5) is 0 Å². The van der Waals surface area contributed by atoms with Crippen molar-refractivity contribution in [2.24, 2.45) is 0 Å². The molecule has 0 radical (unpaired) electrons. The van der Waals surface area contributed by atoms with Crippen molar-refractivity contribution in [2.45, 2.75) is 38.7 Å². The van der Waals surface area contributed by atoms with Crippen LogP contribution in [0.5, 0.6) is 5.75 Å². The summed E-state index contributed by atoms with van der Waals surface area (Å²) in [6, 6.07) is 8.01. The van der Waals surface area contributed by atoms with E-state index in [4.69, 9.17) is 9.47 Å². The molecule has 0 aliphatic heterocycles. The summed E-state index contributed by atoms with van der Waals surface area (Å²) in [6.07, 6.45) is 3.86. The lowest BCUT2D eigenvalue weighted by Crippen LogP contribution is -2.32. The minimum absolute atomic E-state index is 0.323. The summed E-state index contributed by atoms with van der Waals surface area (Å²) < 4.78 is 10.6. The number of benzene rings is 1. The van der Waals surface area contributed by atoms with Gasteiger partial charge in [-0.05, 0) is 49.9 Å². The van der Waals surface area contributed by atoms with E-state index in [1.165, 1.54) is 5.56 Å². The molecule has 21 heavy (non-hydrogen) atoms. The Kier molecular flexibility index (Phi) is 9.87. The van der Waals surface area contributed by atoms with Crippen LogP contribution in [-0.2, 0) is 11.2 Å². The zero-order valence-electron chi connectivity index (χ0n) is 13.3. The summed E-state index contributed by atoms with van der Waals surface area (Å²) >= 11 is 0. The van der Waals surface area contributed by atoms with Crippen molar-refractivity contribution < 1.29 is 14.6 Å². The van der Waals surface area contributed by atoms with E-state index in [9.17, 15) is 5.11 Å². The molecule has 1 rings (SSSR count). The molecule has 1 aromatic rings. The van der Waals surface area contributed by atoms with Crippen LogP contribution in [0, 0.1) is 0 Å². The van der Waals surface area contributed by atoms with Crippen molar-refractivity contribution in [1.29, 1.82) is 0 Å². The zero-order valence-corrected chi connectivity index (χ0v) is 13.3. The average molecular weight is 295 g/mol. The Hall–Kier alpha value is -1.10. The Morgan fingerprint density at radius 1 is 1.24 bits per heavy atom. The van der Waals surface area contributed by atoms with Crippen LogP contribution in [0.25, 0.3) is 0 Å². The predicted molar refractivity (Wildman–Crippen MR) is 85.9 cm³/mol. The molecular weight excluding hydrogens is 266 g/mol. The van der Waals surface area contributed by atoms with Crippen LogP contribution in [0.3, 0.4) is 0 Å². The summed E-state index contributed by atoms with van der Waals surface area (Å²) in [5.41, 5.74) is 1.25. The monoisotopic (exact) mass is 295 g/mol. The third kappa shape index (κ3) is 8.71. The largest absolute Gasteiger partial charge is 0.491 e. The second-order valence-corrected chi connectivity index (χ2v) is 5.22. The highest BCUT2D eigenvalue weighted by atomic mass is 16.5. The van der Waals surface area contributed by atoms with E-state index in [-0.39, 0.29) is 0 Å². The Bertz CT molecular complexity index is 371. The van der Waals surface area contributed by atoms with Gasteiger partial charge in [0.2, 0.25) is 0 Å². The van der Waals surface area contributed by atoms with E-state index in [1.54, 1.807) is 7.11 Å². The molecule has 4 heteroatoms. The number of ether oxygens (including phenoxy) is 2. The van der Waals surface area contributed by atoms with Crippen LogP contribution >= 0.6 is 0 Å². The smallest absolute Gasteiger partial charge is 0.119 e. The van der Waals surface area contributed by atoms with E-state index < -0.39 is 6.10 Å². The molecule has 0 saturated carbocycles. The lowest BCUT2D eigenvalue weighted by atomic mass is 10.2. The molecule has 0 fully saturated rings. The number of rotatable bonds is 12. The first kappa shape index (κ1) is 18.0. The van der Waals surface area contributed by atoms with Crippen LogP contribution in [0.2, 0.25) is 0 Å². The first-order valence-corrected chi connectivity index (χ1v) is 7.85. The summed E-state index contributed by atoms with van der Waals surface area (Å²) in [6.45, 7) is 4.76. The minimum atomic E-state index is -0.478. The summed E-state index contributed by atoms with van der Waals surface area (Å²) in [7, 11) is 1.73. The van der Waals surface area contributed by atoms with Gasteiger partial charge in [-0.1, -0.05) is 19.1 Å². The van der Waals surface area contributed by atoms with Crippen molar-refractivity contribution in [2.75, 3.05) is 33.4 Å². The maximum absolute atomic E-state index is 9.87. The predicted octanol–water partition coefficient (Wildman–Crippen LogP) is 2.40. The topological polar surface area (TPSA) is 50.7 Å². The second kappa shape index (κ2) is 11.5. The zero-order chi connectivity index (χ0) is 15.3. The highest BCUT2D eigenvalue weighted by Gasteiger charge is 2.05. The van der Waals surface area contributed by atoms with E-state index in [0.29, 0.717) is 13.2 Å². The maximum atomic E-state index is 9.87. The molecule has 0 spiro atoms. The molecule has 2 N–H and O–H groups in total. The Morgan fingerprint density at radius 3 is 2.86 bits per heavy atom. The van der Waals surface area contributed by atoms with E-state index in [2.05, 4.69) is 18.3 Å². The molecular formula is C17H29NO3. The molecule has 0 aromatic heterocycles. The third-order valence-corrected chi connectivity index (χ3v) is 3.33. The minimum Gasteiger partial charge on any atom is -0.491 e. The molecule has 0 amide bonds. The summed E-state index contributed by atoms with van der Waals surface area (Å²) in [5.74, 6) is 0.827. The van der Waals surface area contributed by atoms with Gasteiger partial charge in [-0.15, -0.1) is 0 Å². The number of aliphatic hydroxyl groups is 1. The molecule has 1 atom stereocenters. The van der Waals surface area contributed by atoms with Gasteiger partial charge in [-0.2, -0.15) is 0 Å². The van der Waals surface area contributed by atoms with Crippen molar-refractivity contribution in [3.63, 3.8) is 0 Å². The van der Waals surface area contributed by atoms with E-state index in [1.807, 2.05) is 18.2 Å².